The van der Waals surface area contributed by atoms with E-state index in [1.807, 2.05) is 10.6 Å². The van der Waals surface area contributed by atoms with Gasteiger partial charge < -0.3 is 5.32 Å². The van der Waals surface area contributed by atoms with Crippen LogP contribution in [-0.2, 0) is 0 Å². The first kappa shape index (κ1) is 7.94. The topological polar surface area (TPSA) is 42.2 Å². The molecule has 3 heterocycles. The van der Waals surface area contributed by atoms with Crippen LogP contribution < -0.4 is 5.32 Å². The van der Waals surface area contributed by atoms with Crippen molar-refractivity contribution in [3.8, 4) is 0 Å². The highest BCUT2D eigenvalue weighted by Crippen LogP contribution is 2.22. The van der Waals surface area contributed by atoms with Gasteiger partial charge in [-0.1, -0.05) is 11.3 Å². The summed E-state index contributed by atoms with van der Waals surface area (Å²) in [5.74, 6) is 0. The zero-order valence-electron chi connectivity index (χ0n) is 7.85. The van der Waals surface area contributed by atoms with Crippen molar-refractivity contribution in [2.45, 2.75) is 18.9 Å². The van der Waals surface area contributed by atoms with Crippen LogP contribution in [0.1, 0.15) is 24.6 Å². The van der Waals surface area contributed by atoms with E-state index in [0.717, 1.165) is 12.1 Å². The van der Waals surface area contributed by atoms with E-state index < -0.39 is 0 Å². The molecule has 0 radical (unpaired) electrons. The van der Waals surface area contributed by atoms with Gasteiger partial charge in [0.15, 0.2) is 0 Å². The Hall–Kier alpha value is -1.42. The molecule has 0 spiro atoms. The molecule has 0 amide bonds. The molecule has 1 fully saturated rings. The second kappa shape index (κ2) is 3.06. The molecule has 0 bridgehead atoms. The van der Waals surface area contributed by atoms with E-state index in [2.05, 4.69) is 27.8 Å². The Morgan fingerprint density at radius 1 is 1.43 bits per heavy atom. The van der Waals surface area contributed by atoms with Crippen LogP contribution in [0.5, 0.6) is 0 Å². The standard InChI is InChI=1S/C10H12N4/c1-3-8-7-12-13-14(8)10(5-1)9-4-2-6-11-9/h1,3,5,7,9,11H,2,4,6H2. The summed E-state index contributed by atoms with van der Waals surface area (Å²) in [5, 5.41) is 11.5. The molecule has 1 aliphatic heterocycles. The Bertz CT molecular complexity index is 442. The highest BCUT2D eigenvalue weighted by molar-refractivity contribution is 5.44. The molecule has 3 rings (SSSR count). The highest BCUT2D eigenvalue weighted by atomic mass is 15.4. The lowest BCUT2D eigenvalue weighted by Gasteiger charge is -2.11. The molecular formula is C10H12N4. The average Bonchev–Trinajstić information content (AvgIpc) is 2.88. The predicted octanol–water partition coefficient (Wildman–Crippen LogP) is 1.15. The third-order valence-electron chi connectivity index (χ3n) is 2.77. The van der Waals surface area contributed by atoms with Gasteiger partial charge in [0.25, 0.3) is 0 Å². The Morgan fingerprint density at radius 3 is 3.29 bits per heavy atom. The van der Waals surface area contributed by atoms with Crippen LogP contribution in [0.25, 0.3) is 5.52 Å². The first-order chi connectivity index (χ1) is 6.95. The van der Waals surface area contributed by atoms with Gasteiger partial charge in [-0.25, -0.2) is 4.52 Å². The lowest BCUT2D eigenvalue weighted by molar-refractivity contribution is 0.599. The second-order valence-corrected chi connectivity index (χ2v) is 3.67. The molecule has 72 valence electrons. The Labute approximate surface area is 81.9 Å². The van der Waals surface area contributed by atoms with Crippen molar-refractivity contribution in [3.05, 3.63) is 30.1 Å². The number of rotatable bonds is 1. The fourth-order valence-electron chi connectivity index (χ4n) is 2.07. The summed E-state index contributed by atoms with van der Waals surface area (Å²) in [4.78, 5) is 0. The predicted molar refractivity (Wildman–Crippen MR) is 53.0 cm³/mol. The summed E-state index contributed by atoms with van der Waals surface area (Å²) in [6.07, 6.45) is 4.23. The maximum Gasteiger partial charge on any atom is 0.0868 e. The molecule has 2 aromatic heterocycles. The maximum atomic E-state index is 4.09. The lowest BCUT2D eigenvalue weighted by atomic mass is 10.1. The maximum absolute atomic E-state index is 4.09. The van der Waals surface area contributed by atoms with Gasteiger partial charge in [-0.05, 0) is 31.5 Å². The molecule has 14 heavy (non-hydrogen) atoms. The van der Waals surface area contributed by atoms with E-state index in [0.29, 0.717) is 6.04 Å². The lowest BCUT2D eigenvalue weighted by Crippen LogP contribution is -2.16. The number of aromatic nitrogens is 3. The van der Waals surface area contributed by atoms with Crippen LogP contribution in [-0.4, -0.2) is 21.4 Å². The van der Waals surface area contributed by atoms with Gasteiger partial charge in [-0.15, -0.1) is 5.10 Å². The minimum Gasteiger partial charge on any atom is -0.309 e. The molecule has 1 unspecified atom stereocenters. The van der Waals surface area contributed by atoms with Crippen molar-refractivity contribution in [3.63, 3.8) is 0 Å². The molecule has 4 nitrogen and oxygen atoms in total. The van der Waals surface area contributed by atoms with Crippen LogP contribution in [0.15, 0.2) is 24.4 Å². The summed E-state index contributed by atoms with van der Waals surface area (Å²) in [6, 6.07) is 6.65. The molecular weight excluding hydrogens is 176 g/mol. The Balaban J connectivity index is 2.14. The van der Waals surface area contributed by atoms with Crippen molar-refractivity contribution < 1.29 is 0 Å². The zero-order chi connectivity index (χ0) is 9.38. The van der Waals surface area contributed by atoms with Crippen molar-refractivity contribution >= 4 is 5.52 Å². The Morgan fingerprint density at radius 2 is 2.43 bits per heavy atom. The largest absolute Gasteiger partial charge is 0.309 e. The summed E-state index contributed by atoms with van der Waals surface area (Å²) in [7, 11) is 0. The van der Waals surface area contributed by atoms with Gasteiger partial charge in [-0.2, -0.15) is 0 Å². The minimum absolute atomic E-state index is 0.445. The van der Waals surface area contributed by atoms with Crippen molar-refractivity contribution in [2.24, 2.45) is 0 Å². The molecule has 1 saturated heterocycles. The normalized spacial score (nSPS) is 21.9. The number of hydrogen-bond acceptors (Lipinski definition) is 3. The van der Waals surface area contributed by atoms with Crippen LogP contribution in [0, 0.1) is 0 Å². The van der Waals surface area contributed by atoms with E-state index in [9.17, 15) is 0 Å². The van der Waals surface area contributed by atoms with Crippen LogP contribution in [0.3, 0.4) is 0 Å². The highest BCUT2D eigenvalue weighted by Gasteiger charge is 2.18. The second-order valence-electron chi connectivity index (χ2n) is 3.67. The van der Waals surface area contributed by atoms with Gasteiger partial charge >= 0.3 is 0 Å². The number of hydrogen-bond donors (Lipinski definition) is 1. The van der Waals surface area contributed by atoms with E-state index in [1.54, 1.807) is 6.20 Å². The third-order valence-corrected chi connectivity index (χ3v) is 2.77. The van der Waals surface area contributed by atoms with Gasteiger partial charge in [0.05, 0.1) is 17.4 Å². The summed E-state index contributed by atoms with van der Waals surface area (Å²) in [5.41, 5.74) is 2.29. The van der Waals surface area contributed by atoms with Crippen molar-refractivity contribution in [1.29, 1.82) is 0 Å². The first-order valence-corrected chi connectivity index (χ1v) is 4.98. The van der Waals surface area contributed by atoms with Gasteiger partial charge in [0, 0.05) is 6.04 Å². The molecule has 1 atom stereocenters. The van der Waals surface area contributed by atoms with E-state index in [4.69, 9.17) is 0 Å². The number of nitrogens with one attached hydrogen (secondary N) is 1. The first-order valence-electron chi connectivity index (χ1n) is 4.98. The quantitative estimate of drug-likeness (QED) is 0.730. The fraction of sp³-hybridized carbons (Fsp3) is 0.400. The number of nitrogens with zero attached hydrogens (tertiary/aromatic N) is 3. The van der Waals surface area contributed by atoms with Gasteiger partial charge in [-0.3, -0.25) is 0 Å². The van der Waals surface area contributed by atoms with Crippen molar-refractivity contribution in [2.75, 3.05) is 6.54 Å². The number of pyridine rings is 1. The number of fused-ring (bicyclic) bond motifs is 1. The SMILES string of the molecule is c1cc(C2CCCN2)n2nncc2c1. The summed E-state index contributed by atoms with van der Waals surface area (Å²) < 4.78 is 1.92. The molecule has 1 N–H and O–H groups in total. The zero-order valence-corrected chi connectivity index (χ0v) is 7.85. The third kappa shape index (κ3) is 1.11. The fourth-order valence-corrected chi connectivity index (χ4v) is 2.07. The smallest absolute Gasteiger partial charge is 0.0868 e. The van der Waals surface area contributed by atoms with Crippen LogP contribution in [0.2, 0.25) is 0 Å². The molecule has 1 aliphatic rings. The van der Waals surface area contributed by atoms with E-state index in [-0.39, 0.29) is 0 Å². The molecule has 2 aromatic rings. The van der Waals surface area contributed by atoms with Crippen molar-refractivity contribution in [1.82, 2.24) is 20.1 Å². The molecule has 0 saturated carbocycles. The monoisotopic (exact) mass is 188 g/mol. The van der Waals surface area contributed by atoms with E-state index >= 15 is 0 Å². The van der Waals surface area contributed by atoms with Crippen LogP contribution in [0.4, 0.5) is 0 Å². The molecule has 0 aliphatic carbocycles. The summed E-state index contributed by atoms with van der Waals surface area (Å²) >= 11 is 0. The Kier molecular flexibility index (Phi) is 1.73. The van der Waals surface area contributed by atoms with E-state index in [1.165, 1.54) is 18.5 Å². The van der Waals surface area contributed by atoms with Crippen LogP contribution >= 0.6 is 0 Å². The molecule has 0 aromatic carbocycles. The summed E-state index contributed by atoms with van der Waals surface area (Å²) in [6.45, 7) is 1.11. The molecule has 4 heteroatoms. The van der Waals surface area contributed by atoms with Gasteiger partial charge in [0.2, 0.25) is 0 Å². The minimum atomic E-state index is 0.445. The van der Waals surface area contributed by atoms with Gasteiger partial charge in [0.1, 0.15) is 0 Å². The average molecular weight is 188 g/mol.